The van der Waals surface area contributed by atoms with Gasteiger partial charge in [-0.2, -0.15) is 0 Å². The molecule has 0 saturated carbocycles. The van der Waals surface area contributed by atoms with Crippen LogP contribution in [0.2, 0.25) is 10.0 Å². The zero-order valence-corrected chi connectivity index (χ0v) is 18.4. The first-order valence-electron chi connectivity index (χ1n) is 9.30. The number of benzene rings is 2. The third-order valence-corrected chi connectivity index (χ3v) is 6.15. The number of fused-ring (bicyclic) bond motifs is 1. The van der Waals surface area contributed by atoms with E-state index < -0.39 is 22.8 Å². The molecular weight excluding hydrogens is 459 g/mol. The molecule has 0 aliphatic rings. The first-order chi connectivity index (χ1) is 15.1. The number of aryl methyl sites for hydroxylation is 2. The van der Waals surface area contributed by atoms with Crippen molar-refractivity contribution in [2.45, 2.75) is 6.54 Å². The summed E-state index contributed by atoms with van der Waals surface area (Å²) in [4.78, 5) is 50.0. The van der Waals surface area contributed by atoms with Crippen molar-refractivity contribution in [2.24, 2.45) is 14.1 Å². The standard InChI is InChI=1S/C21H16Cl2N4O5/c1-24-15-7-6-12(8-16(15)25(2)20(24)31)26-10-13(19(29)30)18(28)27(21(26)32)9-11-4-3-5-14(22)17(11)23/h3-8,10H,9H2,1-2H3,(H,29,30). The molecule has 0 spiro atoms. The predicted molar refractivity (Wildman–Crippen MR) is 121 cm³/mol. The number of rotatable bonds is 4. The van der Waals surface area contributed by atoms with Gasteiger partial charge in [-0.05, 0) is 29.8 Å². The van der Waals surface area contributed by atoms with Crippen LogP contribution < -0.4 is 16.9 Å². The second-order valence-corrected chi connectivity index (χ2v) is 7.96. The number of carboxylic acid groups (broad SMARTS) is 1. The normalized spacial score (nSPS) is 11.2. The van der Waals surface area contributed by atoms with Crippen LogP contribution in [0.1, 0.15) is 15.9 Å². The molecule has 0 fully saturated rings. The predicted octanol–water partition coefficient (Wildman–Crippen LogP) is 2.24. The maximum atomic E-state index is 13.2. The minimum atomic E-state index is -1.48. The first-order valence-corrected chi connectivity index (χ1v) is 10.1. The third kappa shape index (κ3) is 3.35. The molecule has 0 aliphatic carbocycles. The second-order valence-electron chi connectivity index (χ2n) is 7.18. The summed E-state index contributed by atoms with van der Waals surface area (Å²) in [6, 6.07) is 9.53. The Balaban J connectivity index is 1.99. The molecule has 0 saturated heterocycles. The quantitative estimate of drug-likeness (QED) is 0.487. The number of nitrogens with zero attached hydrogens (tertiary/aromatic N) is 4. The van der Waals surface area contributed by atoms with E-state index in [1.165, 1.54) is 9.13 Å². The molecule has 164 valence electrons. The van der Waals surface area contributed by atoms with Crippen molar-refractivity contribution < 1.29 is 9.90 Å². The number of hydrogen-bond acceptors (Lipinski definition) is 4. The fraction of sp³-hybridized carbons (Fsp3) is 0.143. The van der Waals surface area contributed by atoms with Gasteiger partial charge in [-0.25, -0.2) is 14.4 Å². The SMILES string of the molecule is Cn1c(=O)n(C)c2cc(-n3cc(C(=O)O)c(=O)n(Cc4cccc(Cl)c4Cl)c3=O)ccc21. The van der Waals surface area contributed by atoms with Crippen molar-refractivity contribution in [1.29, 1.82) is 0 Å². The van der Waals surface area contributed by atoms with Gasteiger partial charge in [0.15, 0.2) is 0 Å². The lowest BCUT2D eigenvalue weighted by atomic mass is 10.2. The molecule has 9 nitrogen and oxygen atoms in total. The number of carboxylic acids is 1. The van der Waals surface area contributed by atoms with E-state index in [2.05, 4.69) is 0 Å². The number of carbonyl (C=O) groups is 1. The zero-order chi connectivity index (χ0) is 23.3. The Kier molecular flexibility index (Phi) is 5.31. The Bertz CT molecular complexity index is 1590. The maximum Gasteiger partial charge on any atom is 0.342 e. The van der Waals surface area contributed by atoms with Crippen molar-refractivity contribution in [3.05, 3.63) is 95.1 Å². The summed E-state index contributed by atoms with van der Waals surface area (Å²) < 4.78 is 4.70. The van der Waals surface area contributed by atoms with Crippen LogP contribution in [0.3, 0.4) is 0 Å². The van der Waals surface area contributed by atoms with E-state index in [9.17, 15) is 24.3 Å². The molecule has 4 aromatic rings. The van der Waals surface area contributed by atoms with E-state index in [4.69, 9.17) is 23.2 Å². The third-order valence-electron chi connectivity index (χ3n) is 5.29. The summed E-state index contributed by atoms with van der Waals surface area (Å²) in [7, 11) is 3.20. The topological polar surface area (TPSA) is 108 Å². The van der Waals surface area contributed by atoms with Crippen LogP contribution in [-0.4, -0.2) is 29.3 Å². The zero-order valence-electron chi connectivity index (χ0n) is 16.9. The molecule has 32 heavy (non-hydrogen) atoms. The average Bonchev–Trinajstić information content (AvgIpc) is 2.97. The molecule has 0 atom stereocenters. The van der Waals surface area contributed by atoms with E-state index in [-0.39, 0.29) is 28.0 Å². The summed E-state index contributed by atoms with van der Waals surface area (Å²) in [5.41, 5.74) is -0.743. The van der Waals surface area contributed by atoms with Gasteiger partial charge in [-0.3, -0.25) is 23.1 Å². The highest BCUT2D eigenvalue weighted by molar-refractivity contribution is 6.42. The van der Waals surface area contributed by atoms with Crippen LogP contribution in [0.5, 0.6) is 0 Å². The Morgan fingerprint density at radius 2 is 1.66 bits per heavy atom. The summed E-state index contributed by atoms with van der Waals surface area (Å²) in [5, 5.41) is 9.95. The van der Waals surface area contributed by atoms with Crippen LogP contribution in [0, 0.1) is 0 Å². The molecule has 0 unspecified atom stereocenters. The molecular formula is C21H16Cl2N4O5. The average molecular weight is 475 g/mol. The van der Waals surface area contributed by atoms with Crippen LogP contribution in [-0.2, 0) is 20.6 Å². The molecule has 2 aromatic heterocycles. The van der Waals surface area contributed by atoms with Crippen LogP contribution in [0.4, 0.5) is 0 Å². The smallest absolute Gasteiger partial charge is 0.342 e. The van der Waals surface area contributed by atoms with Gasteiger partial charge in [0.1, 0.15) is 5.56 Å². The van der Waals surface area contributed by atoms with E-state index in [1.54, 1.807) is 50.5 Å². The number of imidazole rings is 1. The highest BCUT2D eigenvalue weighted by Gasteiger charge is 2.19. The number of halogens is 2. The highest BCUT2D eigenvalue weighted by atomic mass is 35.5. The second kappa shape index (κ2) is 7.85. The maximum absolute atomic E-state index is 13.2. The molecule has 4 rings (SSSR count). The monoisotopic (exact) mass is 474 g/mol. The van der Waals surface area contributed by atoms with Gasteiger partial charge in [0.2, 0.25) is 0 Å². The lowest BCUT2D eigenvalue weighted by Crippen LogP contribution is -2.42. The molecule has 0 aliphatic heterocycles. The van der Waals surface area contributed by atoms with Crippen molar-refractivity contribution in [2.75, 3.05) is 0 Å². The van der Waals surface area contributed by atoms with Gasteiger partial charge in [0.05, 0.1) is 33.3 Å². The molecule has 2 heterocycles. The molecule has 0 bridgehead atoms. The fourth-order valence-corrected chi connectivity index (χ4v) is 3.94. The van der Waals surface area contributed by atoms with E-state index in [1.807, 2.05) is 0 Å². The molecule has 11 heteroatoms. The minimum Gasteiger partial charge on any atom is -0.477 e. The summed E-state index contributed by atoms with van der Waals surface area (Å²) in [6.07, 6.45) is 0.977. The van der Waals surface area contributed by atoms with Crippen LogP contribution in [0.15, 0.2) is 57.0 Å². The summed E-state index contributed by atoms with van der Waals surface area (Å²) in [6.45, 7) is -0.274. The first kappa shape index (κ1) is 21.7. The van der Waals surface area contributed by atoms with Crippen LogP contribution >= 0.6 is 23.2 Å². The minimum absolute atomic E-state index is 0.161. The van der Waals surface area contributed by atoms with Gasteiger partial charge in [-0.1, -0.05) is 35.3 Å². The Morgan fingerprint density at radius 1 is 0.969 bits per heavy atom. The lowest BCUT2D eigenvalue weighted by Gasteiger charge is -2.13. The van der Waals surface area contributed by atoms with E-state index in [0.29, 0.717) is 16.6 Å². The molecule has 2 aromatic carbocycles. The lowest BCUT2D eigenvalue weighted by molar-refractivity contribution is 0.0693. The van der Waals surface area contributed by atoms with Gasteiger partial charge < -0.3 is 5.11 Å². The highest BCUT2D eigenvalue weighted by Crippen LogP contribution is 2.25. The largest absolute Gasteiger partial charge is 0.477 e. The fourth-order valence-electron chi connectivity index (χ4n) is 3.56. The Hall–Kier alpha value is -3.56. The van der Waals surface area contributed by atoms with Gasteiger partial charge in [0.25, 0.3) is 5.56 Å². The van der Waals surface area contributed by atoms with E-state index in [0.717, 1.165) is 15.3 Å². The molecule has 0 amide bonds. The number of aromatic nitrogens is 4. The van der Waals surface area contributed by atoms with Gasteiger partial charge in [-0.15, -0.1) is 0 Å². The molecule has 0 radical (unpaired) electrons. The van der Waals surface area contributed by atoms with Gasteiger partial charge in [0, 0.05) is 20.3 Å². The van der Waals surface area contributed by atoms with Crippen LogP contribution in [0.25, 0.3) is 16.7 Å². The molecule has 1 N–H and O–H groups in total. The van der Waals surface area contributed by atoms with Crippen molar-refractivity contribution in [3.8, 4) is 5.69 Å². The summed E-state index contributed by atoms with van der Waals surface area (Å²) >= 11 is 12.2. The van der Waals surface area contributed by atoms with Crippen molar-refractivity contribution in [1.82, 2.24) is 18.3 Å². The number of aromatic carboxylic acids is 1. The van der Waals surface area contributed by atoms with E-state index >= 15 is 0 Å². The Morgan fingerprint density at radius 3 is 2.34 bits per heavy atom. The van der Waals surface area contributed by atoms with Crippen molar-refractivity contribution in [3.63, 3.8) is 0 Å². The van der Waals surface area contributed by atoms with Gasteiger partial charge >= 0.3 is 17.3 Å². The van der Waals surface area contributed by atoms with Crippen molar-refractivity contribution >= 4 is 40.2 Å². The Labute approximate surface area is 189 Å². The summed E-state index contributed by atoms with van der Waals surface area (Å²) in [5.74, 6) is -1.48. The number of hydrogen-bond donors (Lipinski definition) is 1.